The Morgan fingerprint density at radius 1 is 0.320 bits per heavy atom. The van der Waals surface area contributed by atoms with Gasteiger partial charge in [0, 0.05) is 12.8 Å². The minimum Gasteiger partial charge on any atom is -0.462 e. The largest absolute Gasteiger partial charge is 0.472 e. The van der Waals surface area contributed by atoms with Crippen LogP contribution in [0.25, 0.3) is 0 Å². The van der Waals surface area contributed by atoms with E-state index in [2.05, 4.69) is 172 Å². The molecule has 0 amide bonds. The molecular weight excluding hydrogens is 1250 g/mol. The number of phosphoric acid groups is 1. The van der Waals surface area contributed by atoms with Crippen molar-refractivity contribution in [3.8, 4) is 0 Å². The van der Waals surface area contributed by atoms with Gasteiger partial charge < -0.3 is 18.9 Å². The van der Waals surface area contributed by atoms with Gasteiger partial charge in [0.2, 0.25) is 0 Å². The van der Waals surface area contributed by atoms with Crippen LogP contribution in [0.15, 0.2) is 158 Å². The number of likely N-dealkylation sites (N-methyl/N-ethyl adjacent to an activating group) is 1. The van der Waals surface area contributed by atoms with Crippen molar-refractivity contribution in [3.63, 3.8) is 0 Å². The minimum absolute atomic E-state index is 0.0225. The Kier molecular flexibility index (Phi) is 75.3. The van der Waals surface area contributed by atoms with E-state index in [1.165, 1.54) is 180 Å². The number of ether oxygens (including phenoxy) is 2. The molecule has 0 aliphatic heterocycles. The molecule has 10 heteroatoms. The van der Waals surface area contributed by atoms with Crippen molar-refractivity contribution in [2.24, 2.45) is 0 Å². The number of allylic oxidation sites excluding steroid dienone is 26. The van der Waals surface area contributed by atoms with Gasteiger partial charge in [0.1, 0.15) is 19.8 Å². The van der Waals surface area contributed by atoms with E-state index in [1.54, 1.807) is 0 Å². The highest BCUT2D eigenvalue weighted by atomic mass is 31.2. The molecule has 0 fully saturated rings. The molecule has 0 saturated heterocycles. The Bertz CT molecular complexity index is 2250. The molecule has 0 bridgehead atoms. The highest BCUT2D eigenvalue weighted by Gasteiger charge is 2.27. The zero-order valence-electron chi connectivity index (χ0n) is 65.4. The standard InChI is InChI=1S/C90H154NO8P/c1-6-8-10-12-14-16-18-20-22-24-26-28-30-32-34-36-38-40-42-44-45-47-48-50-52-54-56-58-60-62-64-66-68-70-72-74-76-78-80-82-89(92)96-86-88(87-98-100(94,95)97-85-84-91(3,4)5)99-90(93)83-81-79-77-75-73-71-69-67-65-63-61-59-57-55-53-51-49-46-43-41-39-37-35-33-31-29-27-25-23-21-19-17-15-13-11-9-7-2/h9,11,15,17-18,20-21,23-24,26-27,29-30,32-33,35,39,41,46,49,53,55,59,61,65,67,88H,6-8,10,12-14,16,19,22,25,28,31,34,36-38,40,42-45,47-48,50-52,54,56-58,60,62-64,66,68-87H2,1-5H3/p+1/b11-9-,17-15-,20-18-,23-21-,26-24-,29-27-,32-30-,35-33-,41-39-,49-46-,55-53-,61-59-,67-65-. The van der Waals surface area contributed by atoms with Crippen molar-refractivity contribution in [3.05, 3.63) is 158 Å². The fourth-order valence-corrected chi connectivity index (χ4v) is 12.0. The van der Waals surface area contributed by atoms with Crippen LogP contribution in [0, 0.1) is 0 Å². The first-order chi connectivity index (χ1) is 49.0. The van der Waals surface area contributed by atoms with Gasteiger partial charge in [-0.1, -0.05) is 364 Å². The van der Waals surface area contributed by atoms with E-state index in [-0.39, 0.29) is 32.0 Å². The maximum Gasteiger partial charge on any atom is 0.472 e. The van der Waals surface area contributed by atoms with E-state index >= 15 is 0 Å². The van der Waals surface area contributed by atoms with Crippen LogP contribution in [-0.2, 0) is 32.7 Å². The van der Waals surface area contributed by atoms with Crippen LogP contribution < -0.4 is 0 Å². The van der Waals surface area contributed by atoms with Crippen molar-refractivity contribution in [2.75, 3.05) is 47.5 Å². The molecule has 0 heterocycles. The summed E-state index contributed by atoms with van der Waals surface area (Å²) in [6.45, 7) is 4.31. The Morgan fingerprint density at radius 2 is 0.570 bits per heavy atom. The third-order valence-corrected chi connectivity index (χ3v) is 18.5. The Balaban J connectivity index is 4.02. The molecule has 0 spiro atoms. The summed E-state index contributed by atoms with van der Waals surface area (Å²) < 4.78 is 34.8. The lowest BCUT2D eigenvalue weighted by atomic mass is 10.0. The lowest BCUT2D eigenvalue weighted by molar-refractivity contribution is -0.870. The van der Waals surface area contributed by atoms with Gasteiger partial charge >= 0.3 is 19.8 Å². The van der Waals surface area contributed by atoms with Crippen LogP contribution in [0.4, 0.5) is 0 Å². The minimum atomic E-state index is -4.41. The first-order valence-electron chi connectivity index (χ1n) is 41.2. The van der Waals surface area contributed by atoms with Gasteiger partial charge in [0.25, 0.3) is 0 Å². The zero-order chi connectivity index (χ0) is 72.5. The maximum absolute atomic E-state index is 12.9. The third-order valence-electron chi connectivity index (χ3n) is 17.5. The van der Waals surface area contributed by atoms with Crippen molar-refractivity contribution >= 4 is 19.8 Å². The third kappa shape index (κ3) is 82.6. The van der Waals surface area contributed by atoms with E-state index < -0.39 is 26.5 Å². The van der Waals surface area contributed by atoms with Gasteiger partial charge in [0.15, 0.2) is 6.10 Å². The molecule has 0 saturated carbocycles. The molecule has 100 heavy (non-hydrogen) atoms. The molecule has 0 aliphatic carbocycles. The van der Waals surface area contributed by atoms with Gasteiger partial charge in [-0.2, -0.15) is 0 Å². The molecule has 1 N–H and O–H groups in total. The number of phosphoric ester groups is 1. The van der Waals surface area contributed by atoms with Crippen molar-refractivity contribution < 1.29 is 42.1 Å². The maximum atomic E-state index is 12.9. The van der Waals surface area contributed by atoms with Gasteiger partial charge in [-0.3, -0.25) is 18.6 Å². The number of carbonyl (C=O) groups excluding carboxylic acids is 2. The van der Waals surface area contributed by atoms with E-state index in [9.17, 15) is 19.0 Å². The first-order valence-corrected chi connectivity index (χ1v) is 42.7. The molecule has 9 nitrogen and oxygen atoms in total. The molecule has 0 radical (unpaired) electrons. The average molecular weight is 1410 g/mol. The number of hydrogen-bond donors (Lipinski definition) is 1. The molecule has 0 rings (SSSR count). The van der Waals surface area contributed by atoms with Crippen LogP contribution in [0.3, 0.4) is 0 Å². The van der Waals surface area contributed by atoms with E-state index in [0.29, 0.717) is 17.4 Å². The normalized spacial score (nSPS) is 13.9. The number of nitrogens with zero attached hydrogens (tertiary/aromatic N) is 1. The molecule has 0 aliphatic rings. The number of rotatable bonds is 75. The second kappa shape index (κ2) is 78.8. The average Bonchev–Trinajstić information content (AvgIpc) is 1.02. The van der Waals surface area contributed by atoms with Gasteiger partial charge in [-0.25, -0.2) is 4.57 Å². The summed E-state index contributed by atoms with van der Waals surface area (Å²) >= 11 is 0. The molecule has 0 aromatic heterocycles. The molecular formula is C90H155NO8P+. The predicted octanol–water partition coefficient (Wildman–Crippen LogP) is 27.8. The highest BCUT2D eigenvalue weighted by Crippen LogP contribution is 2.43. The number of quaternary nitrogens is 1. The van der Waals surface area contributed by atoms with Crippen LogP contribution in [0.1, 0.15) is 348 Å². The molecule has 0 aromatic carbocycles. The quantitative estimate of drug-likeness (QED) is 0.0211. The number of hydrogen-bond acceptors (Lipinski definition) is 7. The van der Waals surface area contributed by atoms with Crippen LogP contribution in [-0.4, -0.2) is 74.9 Å². The van der Waals surface area contributed by atoms with E-state index in [1.807, 2.05) is 21.1 Å². The summed E-state index contributed by atoms with van der Waals surface area (Å²) in [6.07, 6.45) is 118. The molecule has 2 unspecified atom stereocenters. The summed E-state index contributed by atoms with van der Waals surface area (Å²) in [5.74, 6) is -0.811. The van der Waals surface area contributed by atoms with Gasteiger partial charge in [0.05, 0.1) is 27.7 Å². The van der Waals surface area contributed by atoms with E-state index in [4.69, 9.17) is 18.5 Å². The fourth-order valence-electron chi connectivity index (χ4n) is 11.3. The topological polar surface area (TPSA) is 108 Å². The first kappa shape index (κ1) is 95.6. The van der Waals surface area contributed by atoms with Crippen molar-refractivity contribution in [1.82, 2.24) is 0 Å². The van der Waals surface area contributed by atoms with Crippen LogP contribution in [0.5, 0.6) is 0 Å². The Labute approximate surface area is 617 Å². The lowest BCUT2D eigenvalue weighted by Crippen LogP contribution is -2.37. The summed E-state index contributed by atoms with van der Waals surface area (Å²) in [6, 6.07) is 0. The zero-order valence-corrected chi connectivity index (χ0v) is 66.3. The molecule has 572 valence electrons. The van der Waals surface area contributed by atoms with Gasteiger partial charge in [-0.05, 0) is 128 Å². The van der Waals surface area contributed by atoms with Crippen LogP contribution >= 0.6 is 7.82 Å². The summed E-state index contributed by atoms with van der Waals surface area (Å²) in [5, 5.41) is 0. The van der Waals surface area contributed by atoms with Gasteiger partial charge in [-0.15, -0.1) is 0 Å². The van der Waals surface area contributed by atoms with E-state index in [0.717, 1.165) is 135 Å². The Morgan fingerprint density at radius 3 is 0.850 bits per heavy atom. The number of unbranched alkanes of at least 4 members (excludes halogenated alkanes) is 35. The molecule has 0 aromatic rings. The summed E-state index contributed by atoms with van der Waals surface area (Å²) in [5.41, 5.74) is 0. The number of esters is 2. The molecule has 2 atom stereocenters. The predicted molar refractivity (Wildman–Crippen MR) is 436 cm³/mol. The fraction of sp³-hybridized carbons (Fsp3) is 0.689. The summed E-state index contributed by atoms with van der Waals surface area (Å²) in [4.78, 5) is 36.0. The second-order valence-electron chi connectivity index (χ2n) is 28.4. The van der Waals surface area contributed by atoms with Crippen molar-refractivity contribution in [2.45, 2.75) is 354 Å². The van der Waals surface area contributed by atoms with Crippen LogP contribution in [0.2, 0.25) is 0 Å². The SMILES string of the molecule is CC/C=C\C/C=C\C/C=C\C/C=C\C/C=C\C/C=C\C/C=C\C/C=C\C/C=C\C/C=C\CCCCCCCCC(=O)OC(COC(=O)CCCCCCCCCCCCCCCCCCCCCCCCCC/C=C\C/C=C\C/C=C\CCCCCCC)COP(=O)(O)OCC[N+](C)(C)C. The van der Waals surface area contributed by atoms with Crippen molar-refractivity contribution in [1.29, 1.82) is 0 Å². The summed E-state index contributed by atoms with van der Waals surface area (Å²) in [7, 11) is 1.46. The highest BCUT2D eigenvalue weighted by molar-refractivity contribution is 7.47. The smallest absolute Gasteiger partial charge is 0.462 e. The Hall–Kier alpha value is -4.37. The number of carbonyl (C=O) groups is 2. The monoisotopic (exact) mass is 1410 g/mol. The lowest BCUT2D eigenvalue weighted by Gasteiger charge is -2.24. The second-order valence-corrected chi connectivity index (χ2v) is 29.9.